The van der Waals surface area contributed by atoms with E-state index in [1.54, 1.807) is 30.3 Å². The number of benzene rings is 2. The van der Waals surface area contributed by atoms with Crippen LogP contribution in [0.5, 0.6) is 11.5 Å². The lowest BCUT2D eigenvalue weighted by Gasteiger charge is -2.45. The summed E-state index contributed by atoms with van der Waals surface area (Å²) in [7, 11) is 0. The number of ether oxygens (including phenoxy) is 1. The average Bonchev–Trinajstić information content (AvgIpc) is 3.38. The van der Waals surface area contributed by atoms with Gasteiger partial charge in [-0.2, -0.15) is 0 Å². The molecule has 1 saturated heterocycles. The van der Waals surface area contributed by atoms with Crippen LogP contribution in [0.3, 0.4) is 0 Å². The molecule has 1 unspecified atom stereocenters. The molecule has 0 spiro atoms. The number of likely N-dealkylation sites (tertiary alicyclic amines) is 1. The van der Waals surface area contributed by atoms with Gasteiger partial charge in [-0.25, -0.2) is 4.39 Å². The maximum Gasteiger partial charge on any atom is 0.129 e. The van der Waals surface area contributed by atoms with Crippen molar-refractivity contribution in [2.45, 2.75) is 42.6 Å². The van der Waals surface area contributed by atoms with E-state index in [9.17, 15) is 19.7 Å². The van der Waals surface area contributed by atoms with Crippen molar-refractivity contribution in [1.29, 1.82) is 0 Å². The number of phenolic OH excluding ortho intramolecular Hbond substituents is 1. The maximum absolute atomic E-state index is 13.2. The molecule has 2 aromatic rings. The monoisotopic (exact) mass is 371 g/mol. The Balaban J connectivity index is 1.36. The Kier molecular flexibility index (Phi) is 3.57. The SMILES string of the molecule is Oc1ccc2c(c1)OC1C[C@]1(N1CCC(O)(c3ccc(F)cc3)CC1)[C@H]2O. The predicted octanol–water partition coefficient (Wildman–Crippen LogP) is 2.45. The van der Waals surface area contributed by atoms with Crippen LogP contribution in [-0.2, 0) is 5.60 Å². The Labute approximate surface area is 156 Å². The zero-order valence-corrected chi connectivity index (χ0v) is 14.8. The smallest absolute Gasteiger partial charge is 0.129 e. The van der Waals surface area contributed by atoms with Gasteiger partial charge in [-0.3, -0.25) is 4.90 Å². The van der Waals surface area contributed by atoms with Gasteiger partial charge in [-0.05, 0) is 42.7 Å². The van der Waals surface area contributed by atoms with E-state index in [4.69, 9.17) is 4.74 Å². The first kappa shape index (κ1) is 17.0. The van der Waals surface area contributed by atoms with E-state index in [-0.39, 0.29) is 17.7 Å². The summed E-state index contributed by atoms with van der Waals surface area (Å²) in [6.45, 7) is 1.25. The summed E-state index contributed by atoms with van der Waals surface area (Å²) >= 11 is 0. The van der Waals surface area contributed by atoms with Gasteiger partial charge in [-0.1, -0.05) is 12.1 Å². The summed E-state index contributed by atoms with van der Waals surface area (Å²) in [5, 5.41) is 31.7. The van der Waals surface area contributed by atoms with Crippen molar-refractivity contribution in [3.8, 4) is 11.5 Å². The number of piperidine rings is 1. The number of hydrogen-bond donors (Lipinski definition) is 3. The van der Waals surface area contributed by atoms with E-state index < -0.39 is 17.2 Å². The molecule has 3 atom stereocenters. The molecule has 2 fully saturated rings. The van der Waals surface area contributed by atoms with Crippen LogP contribution < -0.4 is 4.74 Å². The Bertz CT molecular complexity index is 878. The molecule has 3 N–H and O–H groups in total. The van der Waals surface area contributed by atoms with Crippen molar-refractivity contribution in [2.24, 2.45) is 0 Å². The van der Waals surface area contributed by atoms with Gasteiger partial charge in [0.15, 0.2) is 0 Å². The van der Waals surface area contributed by atoms with E-state index >= 15 is 0 Å². The molecular formula is C21H22FNO4. The summed E-state index contributed by atoms with van der Waals surface area (Å²) in [4.78, 5) is 2.22. The van der Waals surface area contributed by atoms with E-state index in [2.05, 4.69) is 4.90 Å². The number of phenols is 1. The predicted molar refractivity (Wildman–Crippen MR) is 95.9 cm³/mol. The van der Waals surface area contributed by atoms with Gasteiger partial charge in [0.2, 0.25) is 0 Å². The largest absolute Gasteiger partial charge is 0.508 e. The summed E-state index contributed by atoms with van der Waals surface area (Å²) in [5.41, 5.74) is -0.0145. The molecular weight excluding hydrogens is 349 g/mol. The third kappa shape index (κ3) is 2.47. The maximum atomic E-state index is 13.2. The molecule has 5 rings (SSSR count). The molecule has 0 aromatic heterocycles. The molecule has 1 aliphatic carbocycles. The lowest BCUT2D eigenvalue weighted by atomic mass is 9.83. The average molecular weight is 371 g/mol. The third-order valence-electron chi connectivity index (χ3n) is 6.51. The highest BCUT2D eigenvalue weighted by atomic mass is 19.1. The number of nitrogens with zero attached hydrogens (tertiary/aromatic N) is 1. The molecule has 2 aliphatic heterocycles. The summed E-state index contributed by atoms with van der Waals surface area (Å²) in [6.07, 6.45) is 0.950. The minimum absolute atomic E-state index is 0.112. The van der Waals surface area contributed by atoms with Gasteiger partial charge in [0, 0.05) is 31.1 Å². The zero-order chi connectivity index (χ0) is 18.8. The lowest BCUT2D eigenvalue weighted by Crippen LogP contribution is -2.53. The zero-order valence-electron chi connectivity index (χ0n) is 14.8. The van der Waals surface area contributed by atoms with Crippen molar-refractivity contribution >= 4 is 0 Å². The summed E-state index contributed by atoms with van der Waals surface area (Å²) in [6, 6.07) is 10.9. The first-order chi connectivity index (χ1) is 12.9. The molecule has 0 bridgehead atoms. The summed E-state index contributed by atoms with van der Waals surface area (Å²) in [5.74, 6) is 0.351. The normalized spacial score (nSPS) is 31.5. The molecule has 0 radical (unpaired) electrons. The molecule has 1 saturated carbocycles. The number of aliphatic hydroxyl groups is 2. The van der Waals surface area contributed by atoms with Crippen LogP contribution in [-0.4, -0.2) is 45.0 Å². The fraction of sp³-hybridized carbons (Fsp3) is 0.429. The highest BCUT2D eigenvalue weighted by Crippen LogP contribution is 2.59. The van der Waals surface area contributed by atoms with Gasteiger partial charge in [0.1, 0.15) is 29.5 Å². The number of halogens is 1. The second-order valence-electron chi connectivity index (χ2n) is 7.95. The van der Waals surface area contributed by atoms with Crippen LogP contribution in [0.1, 0.15) is 36.5 Å². The molecule has 142 valence electrons. The van der Waals surface area contributed by atoms with Gasteiger partial charge >= 0.3 is 0 Å². The Hall–Kier alpha value is -2.15. The van der Waals surface area contributed by atoms with Crippen molar-refractivity contribution in [3.63, 3.8) is 0 Å². The first-order valence-electron chi connectivity index (χ1n) is 9.33. The molecule has 2 heterocycles. The number of aromatic hydroxyl groups is 1. The van der Waals surface area contributed by atoms with Crippen LogP contribution in [0.15, 0.2) is 42.5 Å². The second-order valence-corrected chi connectivity index (χ2v) is 7.95. The van der Waals surface area contributed by atoms with Crippen LogP contribution in [0, 0.1) is 5.82 Å². The standard InChI is InChI=1S/C21H22FNO4/c22-14-3-1-13(2-4-14)20(26)7-9-23(10-8-20)21-12-18(21)27-17-11-15(24)5-6-16(17)19(21)25/h1-6,11,18-19,24-26H,7-10,12H2/t18?,19-,21+/m0/s1. The van der Waals surface area contributed by atoms with Crippen molar-refractivity contribution < 1.29 is 24.4 Å². The number of aliphatic hydroxyl groups excluding tert-OH is 1. The van der Waals surface area contributed by atoms with Gasteiger partial charge in [-0.15, -0.1) is 0 Å². The Morgan fingerprint density at radius 2 is 1.78 bits per heavy atom. The number of rotatable bonds is 2. The van der Waals surface area contributed by atoms with Crippen LogP contribution in [0.4, 0.5) is 4.39 Å². The van der Waals surface area contributed by atoms with E-state index in [1.807, 2.05) is 0 Å². The molecule has 5 nitrogen and oxygen atoms in total. The van der Waals surface area contributed by atoms with Crippen molar-refractivity contribution in [1.82, 2.24) is 4.90 Å². The number of fused-ring (bicyclic) bond motifs is 2. The minimum Gasteiger partial charge on any atom is -0.508 e. The van der Waals surface area contributed by atoms with Crippen LogP contribution in [0.2, 0.25) is 0 Å². The number of hydrogen-bond acceptors (Lipinski definition) is 5. The first-order valence-corrected chi connectivity index (χ1v) is 9.33. The lowest BCUT2D eigenvalue weighted by molar-refractivity contribution is -0.0739. The van der Waals surface area contributed by atoms with Crippen LogP contribution >= 0.6 is 0 Å². The van der Waals surface area contributed by atoms with Crippen LogP contribution in [0.25, 0.3) is 0 Å². The highest BCUT2D eigenvalue weighted by Gasteiger charge is 2.68. The third-order valence-corrected chi connectivity index (χ3v) is 6.51. The quantitative estimate of drug-likeness (QED) is 0.756. The van der Waals surface area contributed by atoms with Crippen molar-refractivity contribution in [3.05, 3.63) is 59.4 Å². The minimum atomic E-state index is -0.977. The summed E-state index contributed by atoms with van der Waals surface area (Å²) < 4.78 is 19.2. The molecule has 27 heavy (non-hydrogen) atoms. The second kappa shape index (κ2) is 5.67. The topological polar surface area (TPSA) is 73.2 Å². The van der Waals surface area contributed by atoms with Gasteiger partial charge in [0.25, 0.3) is 0 Å². The highest BCUT2D eigenvalue weighted by molar-refractivity contribution is 5.48. The molecule has 3 aliphatic rings. The fourth-order valence-electron chi connectivity index (χ4n) is 4.79. The van der Waals surface area contributed by atoms with Gasteiger partial charge in [0.05, 0.1) is 11.1 Å². The molecule has 6 heteroatoms. The fourth-order valence-corrected chi connectivity index (χ4v) is 4.79. The van der Waals surface area contributed by atoms with Crippen molar-refractivity contribution in [2.75, 3.05) is 13.1 Å². The van der Waals surface area contributed by atoms with Gasteiger partial charge < -0.3 is 20.1 Å². The van der Waals surface area contributed by atoms with E-state index in [1.165, 1.54) is 12.1 Å². The van der Waals surface area contributed by atoms with E-state index in [0.717, 1.165) is 12.0 Å². The molecule has 2 aromatic carbocycles. The molecule has 0 amide bonds. The Morgan fingerprint density at radius 3 is 2.48 bits per heavy atom. The van der Waals surface area contributed by atoms with E-state index in [0.29, 0.717) is 37.2 Å². The Morgan fingerprint density at radius 1 is 1.07 bits per heavy atom.